The van der Waals surface area contributed by atoms with Gasteiger partial charge in [-0.25, -0.2) is 8.42 Å². The van der Waals surface area contributed by atoms with Gasteiger partial charge in [0.1, 0.15) is 0 Å². The number of benzene rings is 1. The number of methoxy groups -OCH3 is 1. The summed E-state index contributed by atoms with van der Waals surface area (Å²) in [5, 5.41) is 3.21. The Balaban J connectivity index is 2.24. The summed E-state index contributed by atoms with van der Waals surface area (Å²) in [6.45, 7) is 0.791. The Bertz CT molecular complexity index is 523. The average Bonchev–Trinajstić information content (AvgIpc) is 2.41. The van der Waals surface area contributed by atoms with E-state index in [0.717, 1.165) is 31.5 Å². The maximum absolute atomic E-state index is 11.3. The molecule has 1 aromatic carbocycles. The fourth-order valence-electron chi connectivity index (χ4n) is 1.73. The second kappa shape index (κ2) is 7.89. The smallest absolute Gasteiger partial charge is 0.305 e. The van der Waals surface area contributed by atoms with Gasteiger partial charge in [-0.2, -0.15) is 0 Å². The van der Waals surface area contributed by atoms with Crippen LogP contribution in [0.5, 0.6) is 0 Å². The van der Waals surface area contributed by atoms with Crippen molar-refractivity contribution in [1.82, 2.24) is 0 Å². The number of esters is 1. The van der Waals surface area contributed by atoms with Crippen LogP contribution in [0.3, 0.4) is 0 Å². The molecule has 112 valence electrons. The van der Waals surface area contributed by atoms with Crippen molar-refractivity contribution >= 4 is 21.5 Å². The Morgan fingerprint density at radius 2 is 1.80 bits per heavy atom. The van der Waals surface area contributed by atoms with E-state index in [1.54, 1.807) is 24.3 Å². The average molecular weight is 299 g/mol. The second-order valence-electron chi connectivity index (χ2n) is 4.61. The summed E-state index contributed by atoms with van der Waals surface area (Å²) < 4.78 is 27.2. The van der Waals surface area contributed by atoms with Crippen LogP contribution in [0.15, 0.2) is 29.2 Å². The summed E-state index contributed by atoms with van der Waals surface area (Å²) in [4.78, 5) is 11.2. The van der Waals surface area contributed by atoms with E-state index in [1.165, 1.54) is 13.4 Å². The Kier molecular flexibility index (Phi) is 6.51. The van der Waals surface area contributed by atoms with Crippen molar-refractivity contribution in [2.75, 3.05) is 25.2 Å². The van der Waals surface area contributed by atoms with E-state index in [-0.39, 0.29) is 5.97 Å². The van der Waals surface area contributed by atoms with E-state index in [2.05, 4.69) is 10.1 Å². The van der Waals surface area contributed by atoms with Crippen molar-refractivity contribution in [3.8, 4) is 0 Å². The monoisotopic (exact) mass is 299 g/mol. The molecule has 5 nitrogen and oxygen atoms in total. The number of carbonyl (C=O) groups excluding carboxylic acids is 1. The lowest BCUT2D eigenvalue weighted by Crippen LogP contribution is -2.03. The number of hydrogen-bond donors (Lipinski definition) is 1. The van der Waals surface area contributed by atoms with Gasteiger partial charge in [0.2, 0.25) is 0 Å². The SMILES string of the molecule is COC(=O)CCCCCNc1ccc(S(C)(=O)=O)cc1. The molecule has 0 fully saturated rings. The Labute approximate surface area is 120 Å². The number of unbranched alkanes of at least 4 members (excludes halogenated alkanes) is 2. The molecule has 0 aliphatic heterocycles. The van der Waals surface area contributed by atoms with Crippen molar-refractivity contribution in [3.63, 3.8) is 0 Å². The quantitative estimate of drug-likeness (QED) is 0.588. The first-order chi connectivity index (χ1) is 9.43. The van der Waals surface area contributed by atoms with Gasteiger partial charge in [-0.3, -0.25) is 4.79 Å². The Morgan fingerprint density at radius 1 is 1.15 bits per heavy atom. The molecule has 0 spiro atoms. The van der Waals surface area contributed by atoms with Crippen LogP contribution in [0.25, 0.3) is 0 Å². The maximum Gasteiger partial charge on any atom is 0.305 e. The Morgan fingerprint density at radius 3 is 2.35 bits per heavy atom. The number of anilines is 1. The number of nitrogens with one attached hydrogen (secondary N) is 1. The van der Waals surface area contributed by atoms with Crippen molar-refractivity contribution in [2.24, 2.45) is 0 Å². The van der Waals surface area contributed by atoms with E-state index in [1.807, 2.05) is 0 Å². The lowest BCUT2D eigenvalue weighted by atomic mass is 10.2. The number of rotatable bonds is 8. The number of hydrogen-bond acceptors (Lipinski definition) is 5. The molecule has 1 rings (SSSR count). The van der Waals surface area contributed by atoms with Crippen molar-refractivity contribution in [2.45, 2.75) is 30.6 Å². The zero-order valence-corrected chi connectivity index (χ0v) is 12.7. The van der Waals surface area contributed by atoms with Crippen LogP contribution < -0.4 is 5.32 Å². The molecule has 0 aromatic heterocycles. The molecule has 0 saturated carbocycles. The molecule has 0 bridgehead atoms. The summed E-state index contributed by atoms with van der Waals surface area (Å²) in [6.07, 6.45) is 4.37. The first kappa shape index (κ1) is 16.5. The normalized spacial score (nSPS) is 11.1. The summed E-state index contributed by atoms with van der Waals surface area (Å²) in [5.74, 6) is -0.172. The lowest BCUT2D eigenvalue weighted by molar-refractivity contribution is -0.140. The van der Waals surface area contributed by atoms with E-state index < -0.39 is 9.84 Å². The third-order valence-corrected chi connectivity index (χ3v) is 4.03. The zero-order chi connectivity index (χ0) is 15.0. The molecule has 0 unspecified atom stereocenters. The molecule has 0 heterocycles. The predicted octanol–water partition coefficient (Wildman–Crippen LogP) is 2.24. The first-order valence-electron chi connectivity index (χ1n) is 6.54. The van der Waals surface area contributed by atoms with Gasteiger partial charge in [0.05, 0.1) is 12.0 Å². The van der Waals surface area contributed by atoms with Crippen molar-refractivity contribution < 1.29 is 17.9 Å². The summed E-state index contributed by atoms with van der Waals surface area (Å²) >= 11 is 0. The minimum absolute atomic E-state index is 0.172. The molecule has 0 atom stereocenters. The lowest BCUT2D eigenvalue weighted by Gasteiger charge is -2.07. The van der Waals surface area contributed by atoms with Crippen molar-refractivity contribution in [3.05, 3.63) is 24.3 Å². The van der Waals surface area contributed by atoms with E-state index >= 15 is 0 Å². The minimum Gasteiger partial charge on any atom is -0.469 e. The summed E-state index contributed by atoms with van der Waals surface area (Å²) in [5.41, 5.74) is 0.894. The van der Waals surface area contributed by atoms with Gasteiger partial charge in [0.25, 0.3) is 0 Å². The standard InChI is InChI=1S/C14H21NO4S/c1-19-14(16)6-4-3-5-11-15-12-7-9-13(10-8-12)20(2,17)18/h7-10,15H,3-6,11H2,1-2H3. The topological polar surface area (TPSA) is 72.5 Å². The molecule has 0 aliphatic carbocycles. The Hall–Kier alpha value is -1.56. The third kappa shape index (κ3) is 6.06. The highest BCUT2D eigenvalue weighted by molar-refractivity contribution is 7.90. The third-order valence-electron chi connectivity index (χ3n) is 2.90. The summed E-state index contributed by atoms with van der Waals surface area (Å²) in [7, 11) is -1.74. The van der Waals surface area contributed by atoms with Gasteiger partial charge in [-0.1, -0.05) is 6.42 Å². The van der Waals surface area contributed by atoms with Gasteiger partial charge in [-0.15, -0.1) is 0 Å². The molecule has 1 N–H and O–H groups in total. The second-order valence-corrected chi connectivity index (χ2v) is 6.63. The van der Waals surface area contributed by atoms with Crippen LogP contribution in [0.1, 0.15) is 25.7 Å². The van der Waals surface area contributed by atoms with Crippen LogP contribution in [0, 0.1) is 0 Å². The fraction of sp³-hybridized carbons (Fsp3) is 0.500. The van der Waals surface area contributed by atoms with E-state index in [9.17, 15) is 13.2 Å². The number of sulfone groups is 1. The van der Waals surface area contributed by atoms with Crippen LogP contribution >= 0.6 is 0 Å². The molecule has 0 radical (unpaired) electrons. The van der Waals surface area contributed by atoms with Gasteiger partial charge < -0.3 is 10.1 Å². The molecule has 20 heavy (non-hydrogen) atoms. The van der Waals surface area contributed by atoms with Crippen LogP contribution in [-0.2, 0) is 19.4 Å². The molecule has 1 aromatic rings. The maximum atomic E-state index is 11.3. The molecule has 0 amide bonds. The fourth-order valence-corrected chi connectivity index (χ4v) is 2.36. The van der Waals surface area contributed by atoms with Gasteiger partial charge in [0.15, 0.2) is 9.84 Å². The zero-order valence-electron chi connectivity index (χ0n) is 11.9. The van der Waals surface area contributed by atoms with Gasteiger partial charge in [0, 0.05) is 24.9 Å². The molecule has 0 saturated heterocycles. The van der Waals surface area contributed by atoms with Gasteiger partial charge in [-0.05, 0) is 37.1 Å². The van der Waals surface area contributed by atoms with Crippen LogP contribution in [0.2, 0.25) is 0 Å². The highest BCUT2D eigenvalue weighted by atomic mass is 32.2. The molecular formula is C14H21NO4S. The highest BCUT2D eigenvalue weighted by Crippen LogP contribution is 2.14. The first-order valence-corrected chi connectivity index (χ1v) is 8.43. The van der Waals surface area contributed by atoms with Crippen LogP contribution in [-0.4, -0.2) is 34.3 Å². The number of carbonyl (C=O) groups is 1. The molecule has 6 heteroatoms. The summed E-state index contributed by atoms with van der Waals surface area (Å²) in [6, 6.07) is 6.69. The van der Waals surface area contributed by atoms with Crippen LogP contribution in [0.4, 0.5) is 5.69 Å². The van der Waals surface area contributed by atoms with Crippen molar-refractivity contribution in [1.29, 1.82) is 0 Å². The predicted molar refractivity (Wildman–Crippen MR) is 78.5 cm³/mol. The van der Waals surface area contributed by atoms with E-state index in [4.69, 9.17) is 0 Å². The minimum atomic E-state index is -3.13. The largest absolute Gasteiger partial charge is 0.469 e. The molecular weight excluding hydrogens is 278 g/mol. The molecule has 0 aliphatic rings. The highest BCUT2D eigenvalue weighted by Gasteiger charge is 2.05. The van der Waals surface area contributed by atoms with Gasteiger partial charge >= 0.3 is 5.97 Å². The van der Waals surface area contributed by atoms with E-state index in [0.29, 0.717) is 11.3 Å². The number of ether oxygens (including phenoxy) is 1.